The number of rotatable bonds is 72. The topological polar surface area (TPSA) is 237 Å². The monoisotopic (exact) mass is 1440 g/mol. The standard InChI is InChI=1S/C81H138O17P2/c1-5-9-13-17-21-25-29-33-36-37-40-43-46-50-54-58-62-66-79(84)92-72-77(98-81(86)68-64-60-56-52-48-44-39-35-31-27-23-19-15-11-7-3)74-96-100(89,90)94-70-75(82)69-93-99(87,88)95-73-76(97-80(85)67-63-59-55-51-47-41-32-28-24-20-16-12-8-4)71-91-78(83)65-61-57-53-49-45-42-38-34-30-26-22-18-14-10-6-2/h9-10,13-14,16,20-22,25-26,28,32-36,38-39,45,49,75-77,82H,5-8,11-12,15,17-19,23-24,27,29-31,37,40-44,46-48,50-74H2,1-4H3,(H,87,88)(H,89,90)/b13-9-,14-10-,20-16-,25-21-,26-22-,32-28-,36-33-,38-34-,39-35-,49-45-. The number of phosphoric ester groups is 2. The average molecular weight is 1450 g/mol. The molecule has 0 spiro atoms. The summed E-state index contributed by atoms with van der Waals surface area (Å²) in [6, 6.07) is 0. The van der Waals surface area contributed by atoms with E-state index in [4.69, 9.17) is 37.0 Å². The molecule has 0 aromatic rings. The van der Waals surface area contributed by atoms with Gasteiger partial charge in [-0.25, -0.2) is 9.13 Å². The molecule has 5 unspecified atom stereocenters. The van der Waals surface area contributed by atoms with Crippen LogP contribution in [0.2, 0.25) is 0 Å². The molecule has 0 heterocycles. The van der Waals surface area contributed by atoms with E-state index in [1.54, 1.807) is 0 Å². The van der Waals surface area contributed by atoms with Crippen LogP contribution in [0.15, 0.2) is 122 Å². The predicted molar refractivity (Wildman–Crippen MR) is 408 cm³/mol. The first kappa shape index (κ1) is 95.5. The Morgan fingerprint density at radius 3 is 0.870 bits per heavy atom. The molecule has 0 aliphatic carbocycles. The molecular weight excluding hydrogens is 1310 g/mol. The zero-order valence-electron chi connectivity index (χ0n) is 62.6. The van der Waals surface area contributed by atoms with E-state index in [0.29, 0.717) is 25.7 Å². The lowest BCUT2D eigenvalue weighted by molar-refractivity contribution is -0.161. The highest BCUT2D eigenvalue weighted by molar-refractivity contribution is 7.47. The van der Waals surface area contributed by atoms with Crippen LogP contribution >= 0.6 is 15.6 Å². The van der Waals surface area contributed by atoms with E-state index in [2.05, 4.69) is 149 Å². The minimum absolute atomic E-state index is 0.0673. The second-order valence-corrected chi connectivity index (χ2v) is 28.4. The summed E-state index contributed by atoms with van der Waals surface area (Å²) in [7, 11) is -9.97. The molecular formula is C81H138O17P2. The Labute approximate surface area is 606 Å². The molecule has 5 atom stereocenters. The molecule has 0 saturated heterocycles. The molecule has 0 rings (SSSR count). The summed E-state index contributed by atoms with van der Waals surface area (Å²) in [5, 5.41) is 10.6. The predicted octanol–water partition coefficient (Wildman–Crippen LogP) is 22.3. The molecule has 0 aromatic heterocycles. The quantitative estimate of drug-likeness (QED) is 0.0169. The van der Waals surface area contributed by atoms with E-state index in [-0.39, 0.29) is 25.7 Å². The van der Waals surface area contributed by atoms with Gasteiger partial charge in [0.2, 0.25) is 0 Å². The third-order valence-electron chi connectivity index (χ3n) is 15.9. The van der Waals surface area contributed by atoms with Gasteiger partial charge < -0.3 is 33.8 Å². The minimum Gasteiger partial charge on any atom is -0.462 e. The van der Waals surface area contributed by atoms with E-state index in [9.17, 15) is 43.2 Å². The second-order valence-electron chi connectivity index (χ2n) is 25.5. The zero-order valence-corrected chi connectivity index (χ0v) is 64.4. The maximum atomic E-state index is 13.1. The van der Waals surface area contributed by atoms with Crippen LogP contribution in [0, 0.1) is 0 Å². The summed E-state index contributed by atoms with van der Waals surface area (Å²) in [4.78, 5) is 72.9. The van der Waals surface area contributed by atoms with Crippen molar-refractivity contribution in [1.29, 1.82) is 0 Å². The van der Waals surface area contributed by atoms with Gasteiger partial charge in [-0.1, -0.05) is 258 Å². The summed E-state index contributed by atoms with van der Waals surface area (Å²) in [6.45, 7) is 4.50. The summed E-state index contributed by atoms with van der Waals surface area (Å²) in [5.41, 5.74) is 0. The Bertz CT molecular complexity index is 2370. The van der Waals surface area contributed by atoms with Gasteiger partial charge in [0.05, 0.1) is 26.4 Å². The molecule has 3 N–H and O–H groups in total. The Hall–Kier alpha value is -4.54. The number of carbonyl (C=O) groups is 4. The van der Waals surface area contributed by atoms with Gasteiger partial charge in [0.25, 0.3) is 0 Å². The van der Waals surface area contributed by atoms with Crippen molar-refractivity contribution < 1.29 is 80.2 Å². The number of allylic oxidation sites excluding steroid dienone is 20. The first-order chi connectivity index (χ1) is 48.7. The van der Waals surface area contributed by atoms with E-state index in [0.717, 1.165) is 193 Å². The minimum atomic E-state index is -4.99. The number of hydrogen-bond donors (Lipinski definition) is 3. The molecule has 574 valence electrons. The molecule has 0 amide bonds. The molecule has 17 nitrogen and oxygen atoms in total. The van der Waals surface area contributed by atoms with E-state index < -0.39 is 97.5 Å². The van der Waals surface area contributed by atoms with Crippen LogP contribution in [0.25, 0.3) is 0 Å². The third-order valence-corrected chi connectivity index (χ3v) is 17.8. The molecule has 0 aliphatic heterocycles. The van der Waals surface area contributed by atoms with Crippen LogP contribution in [0.4, 0.5) is 0 Å². The molecule has 0 saturated carbocycles. The van der Waals surface area contributed by atoms with Crippen molar-refractivity contribution >= 4 is 39.5 Å². The fraction of sp³-hybridized carbons (Fsp3) is 0.704. The van der Waals surface area contributed by atoms with E-state index in [1.807, 2.05) is 0 Å². The molecule has 0 bridgehead atoms. The highest BCUT2D eigenvalue weighted by atomic mass is 31.2. The number of unbranched alkanes of at least 4 members (excludes halogenated alkanes) is 26. The molecule has 0 radical (unpaired) electrons. The highest BCUT2D eigenvalue weighted by Gasteiger charge is 2.30. The van der Waals surface area contributed by atoms with Crippen molar-refractivity contribution in [2.24, 2.45) is 0 Å². The van der Waals surface area contributed by atoms with Gasteiger partial charge >= 0.3 is 39.5 Å². The van der Waals surface area contributed by atoms with Crippen molar-refractivity contribution in [3.05, 3.63) is 122 Å². The van der Waals surface area contributed by atoms with E-state index in [1.165, 1.54) is 38.5 Å². The first-order valence-electron chi connectivity index (χ1n) is 38.8. The fourth-order valence-corrected chi connectivity index (χ4v) is 11.6. The first-order valence-corrected chi connectivity index (χ1v) is 41.8. The van der Waals surface area contributed by atoms with Crippen LogP contribution < -0.4 is 0 Å². The smallest absolute Gasteiger partial charge is 0.462 e. The number of aliphatic hydroxyl groups is 1. The number of esters is 4. The molecule has 19 heteroatoms. The van der Waals surface area contributed by atoms with Gasteiger partial charge in [0.15, 0.2) is 12.2 Å². The largest absolute Gasteiger partial charge is 0.472 e. The van der Waals surface area contributed by atoms with Gasteiger partial charge in [-0.15, -0.1) is 0 Å². The third kappa shape index (κ3) is 71.8. The molecule has 100 heavy (non-hydrogen) atoms. The number of phosphoric acid groups is 2. The maximum absolute atomic E-state index is 13.1. The van der Waals surface area contributed by atoms with Crippen molar-refractivity contribution in [1.82, 2.24) is 0 Å². The van der Waals surface area contributed by atoms with Gasteiger partial charge in [-0.2, -0.15) is 0 Å². The average Bonchev–Trinajstić information content (AvgIpc) is 0.937. The van der Waals surface area contributed by atoms with Crippen LogP contribution in [0.3, 0.4) is 0 Å². The normalized spacial score (nSPS) is 14.6. The molecule has 0 aliphatic rings. The van der Waals surface area contributed by atoms with Crippen LogP contribution in [0.1, 0.15) is 310 Å². The van der Waals surface area contributed by atoms with Crippen molar-refractivity contribution in [2.45, 2.75) is 329 Å². The Kier molecular flexibility index (Phi) is 69.5. The second kappa shape index (κ2) is 72.8. The van der Waals surface area contributed by atoms with Crippen LogP contribution in [0.5, 0.6) is 0 Å². The summed E-state index contributed by atoms with van der Waals surface area (Å²) in [6.07, 6.45) is 79.0. The number of carbonyl (C=O) groups excluding carboxylic acids is 4. The van der Waals surface area contributed by atoms with Gasteiger partial charge in [0, 0.05) is 25.7 Å². The summed E-state index contributed by atoms with van der Waals surface area (Å²) in [5.74, 6) is -2.25. The molecule has 0 fully saturated rings. The van der Waals surface area contributed by atoms with Gasteiger partial charge in [-0.05, 0) is 148 Å². The Balaban J connectivity index is 5.40. The molecule has 0 aromatic carbocycles. The Morgan fingerprint density at radius 1 is 0.290 bits per heavy atom. The summed E-state index contributed by atoms with van der Waals surface area (Å²) >= 11 is 0. The highest BCUT2D eigenvalue weighted by Crippen LogP contribution is 2.45. The lowest BCUT2D eigenvalue weighted by Crippen LogP contribution is -2.30. The lowest BCUT2D eigenvalue weighted by Gasteiger charge is -2.21. The Morgan fingerprint density at radius 2 is 0.540 bits per heavy atom. The van der Waals surface area contributed by atoms with E-state index >= 15 is 0 Å². The SMILES string of the molecule is CC/C=C\C/C=C\C/C=C\C/C=C\CCCCC(=O)OCC(COP(=O)(O)OCC(O)COP(=O)(O)OCC(COC(=O)CCCCCCCCC/C=C\C/C=C\C/C=C\CC)OC(=O)CCCCCCC/C=C\CCCCCCCC)OC(=O)CCCCCCC/C=C\C/C=C\CCC. The zero-order chi connectivity index (χ0) is 73.2. The summed E-state index contributed by atoms with van der Waals surface area (Å²) < 4.78 is 68.5. The van der Waals surface area contributed by atoms with Gasteiger partial charge in [0.1, 0.15) is 19.3 Å². The van der Waals surface area contributed by atoms with Crippen molar-refractivity contribution in [3.63, 3.8) is 0 Å². The van der Waals surface area contributed by atoms with Crippen LogP contribution in [-0.4, -0.2) is 96.7 Å². The fourth-order valence-electron chi connectivity index (χ4n) is 10.0. The van der Waals surface area contributed by atoms with Crippen molar-refractivity contribution in [3.8, 4) is 0 Å². The van der Waals surface area contributed by atoms with Gasteiger partial charge in [-0.3, -0.25) is 37.3 Å². The lowest BCUT2D eigenvalue weighted by atomic mass is 10.1. The maximum Gasteiger partial charge on any atom is 0.472 e. The van der Waals surface area contributed by atoms with Crippen LogP contribution in [-0.2, 0) is 65.4 Å². The number of ether oxygens (including phenoxy) is 4. The number of aliphatic hydroxyl groups excluding tert-OH is 1. The van der Waals surface area contributed by atoms with Crippen molar-refractivity contribution in [2.75, 3.05) is 39.6 Å². The number of hydrogen-bond acceptors (Lipinski definition) is 15.